The Morgan fingerprint density at radius 2 is 2.05 bits per heavy atom. The van der Waals surface area contributed by atoms with E-state index < -0.39 is 12.7 Å². The molecule has 0 bridgehead atoms. The van der Waals surface area contributed by atoms with Crippen LogP contribution in [0.25, 0.3) is 0 Å². The number of rotatable bonds is 6. The summed E-state index contributed by atoms with van der Waals surface area (Å²) in [5.41, 5.74) is 0.780. The van der Waals surface area contributed by atoms with Gasteiger partial charge >= 0.3 is 6.18 Å². The summed E-state index contributed by atoms with van der Waals surface area (Å²) in [5.74, 6) is 0.651. The molecule has 1 heterocycles. The van der Waals surface area contributed by atoms with E-state index in [0.29, 0.717) is 12.4 Å². The maximum atomic E-state index is 12.5. The van der Waals surface area contributed by atoms with Crippen molar-refractivity contribution in [1.82, 2.24) is 9.88 Å². The summed E-state index contributed by atoms with van der Waals surface area (Å²) in [6.07, 6.45) is -2.56. The Bertz CT molecular complexity index is 391. The second kappa shape index (κ2) is 6.75. The predicted molar refractivity (Wildman–Crippen MR) is 70.0 cm³/mol. The van der Waals surface area contributed by atoms with Crippen molar-refractivity contribution in [1.29, 1.82) is 0 Å². The topological polar surface area (TPSA) is 28.2 Å². The molecule has 108 valence electrons. The van der Waals surface area contributed by atoms with E-state index >= 15 is 0 Å². The van der Waals surface area contributed by atoms with Gasteiger partial charge in [0.2, 0.25) is 0 Å². The molecule has 0 amide bonds. The van der Waals surface area contributed by atoms with Gasteiger partial charge in [0.15, 0.2) is 0 Å². The molecule has 0 radical (unpaired) electrons. The van der Waals surface area contributed by atoms with Crippen molar-refractivity contribution in [3.8, 4) is 0 Å². The minimum Gasteiger partial charge on any atom is -0.370 e. The van der Waals surface area contributed by atoms with Gasteiger partial charge in [-0.3, -0.25) is 4.90 Å². The highest BCUT2D eigenvalue weighted by molar-refractivity contribution is 5.43. The molecule has 6 heteroatoms. The fourth-order valence-corrected chi connectivity index (χ4v) is 1.76. The van der Waals surface area contributed by atoms with Gasteiger partial charge in [-0.05, 0) is 26.8 Å². The fraction of sp³-hybridized carbons (Fsp3) is 0.615. The molecule has 0 fully saturated rings. The SMILES string of the molecule is CCNc1ncccc1CN(CC(F)(F)F)C(C)C. The van der Waals surface area contributed by atoms with Gasteiger partial charge in [0.1, 0.15) is 5.82 Å². The number of anilines is 1. The van der Waals surface area contributed by atoms with Crippen LogP contribution < -0.4 is 5.32 Å². The summed E-state index contributed by atoms with van der Waals surface area (Å²) in [7, 11) is 0. The molecular formula is C13H20F3N3. The minimum atomic E-state index is -4.19. The van der Waals surface area contributed by atoms with Crippen LogP contribution in [0.5, 0.6) is 0 Å². The van der Waals surface area contributed by atoms with Crippen LogP contribution in [0.15, 0.2) is 18.3 Å². The molecule has 0 unspecified atom stereocenters. The van der Waals surface area contributed by atoms with Gasteiger partial charge < -0.3 is 5.32 Å². The van der Waals surface area contributed by atoms with Crippen LogP contribution in [0.3, 0.4) is 0 Å². The van der Waals surface area contributed by atoms with Crippen molar-refractivity contribution in [2.45, 2.75) is 39.5 Å². The zero-order valence-electron chi connectivity index (χ0n) is 11.5. The molecule has 1 aromatic rings. The van der Waals surface area contributed by atoms with Crippen LogP contribution in [0, 0.1) is 0 Å². The summed E-state index contributed by atoms with van der Waals surface area (Å²) in [4.78, 5) is 5.55. The van der Waals surface area contributed by atoms with Gasteiger partial charge in [0.25, 0.3) is 0 Å². The van der Waals surface area contributed by atoms with Crippen LogP contribution >= 0.6 is 0 Å². The van der Waals surface area contributed by atoms with E-state index in [9.17, 15) is 13.2 Å². The number of pyridine rings is 1. The summed E-state index contributed by atoms with van der Waals surface area (Å²) < 4.78 is 37.6. The third-order valence-corrected chi connectivity index (χ3v) is 2.72. The van der Waals surface area contributed by atoms with Crippen LogP contribution in [-0.2, 0) is 6.54 Å². The summed E-state index contributed by atoms with van der Waals surface area (Å²) in [5, 5.41) is 3.06. The number of alkyl halides is 3. The van der Waals surface area contributed by atoms with E-state index in [1.807, 2.05) is 6.92 Å². The van der Waals surface area contributed by atoms with Crippen molar-refractivity contribution in [3.63, 3.8) is 0 Å². The lowest BCUT2D eigenvalue weighted by Crippen LogP contribution is -2.38. The minimum absolute atomic E-state index is 0.184. The molecule has 0 atom stereocenters. The average molecular weight is 275 g/mol. The number of hydrogen-bond acceptors (Lipinski definition) is 3. The predicted octanol–water partition coefficient (Wildman–Crippen LogP) is 3.29. The second-order valence-electron chi connectivity index (χ2n) is 4.66. The van der Waals surface area contributed by atoms with E-state index in [2.05, 4.69) is 10.3 Å². The van der Waals surface area contributed by atoms with E-state index in [1.165, 1.54) is 4.90 Å². The number of aromatic nitrogens is 1. The highest BCUT2D eigenvalue weighted by atomic mass is 19.4. The monoisotopic (exact) mass is 275 g/mol. The van der Waals surface area contributed by atoms with Crippen molar-refractivity contribution < 1.29 is 13.2 Å². The first kappa shape index (κ1) is 15.8. The number of halogens is 3. The number of nitrogens with zero attached hydrogens (tertiary/aromatic N) is 2. The quantitative estimate of drug-likeness (QED) is 0.863. The molecule has 0 saturated carbocycles. The Balaban J connectivity index is 2.84. The van der Waals surface area contributed by atoms with E-state index in [0.717, 1.165) is 5.56 Å². The second-order valence-corrected chi connectivity index (χ2v) is 4.66. The largest absolute Gasteiger partial charge is 0.401 e. The maximum Gasteiger partial charge on any atom is 0.401 e. The fourth-order valence-electron chi connectivity index (χ4n) is 1.76. The van der Waals surface area contributed by atoms with Crippen LogP contribution in [0.2, 0.25) is 0 Å². The molecule has 3 nitrogen and oxygen atoms in total. The van der Waals surface area contributed by atoms with Crippen LogP contribution in [-0.4, -0.2) is 35.2 Å². The lowest BCUT2D eigenvalue weighted by Gasteiger charge is -2.28. The molecule has 0 saturated heterocycles. The van der Waals surface area contributed by atoms with Crippen molar-refractivity contribution in [2.75, 3.05) is 18.4 Å². The Hall–Kier alpha value is -1.30. The first-order valence-corrected chi connectivity index (χ1v) is 6.32. The zero-order chi connectivity index (χ0) is 14.5. The van der Waals surface area contributed by atoms with Gasteiger partial charge in [-0.25, -0.2) is 4.98 Å². The molecule has 0 aromatic carbocycles. The van der Waals surface area contributed by atoms with Crippen LogP contribution in [0.1, 0.15) is 26.3 Å². The van der Waals surface area contributed by atoms with Gasteiger partial charge in [-0.2, -0.15) is 13.2 Å². The zero-order valence-corrected chi connectivity index (χ0v) is 11.5. The maximum absolute atomic E-state index is 12.5. The lowest BCUT2D eigenvalue weighted by atomic mass is 10.2. The van der Waals surface area contributed by atoms with E-state index in [4.69, 9.17) is 0 Å². The Labute approximate surface area is 111 Å². The van der Waals surface area contributed by atoms with E-state index in [1.54, 1.807) is 32.2 Å². The summed E-state index contributed by atoms with van der Waals surface area (Å²) >= 11 is 0. The highest BCUT2D eigenvalue weighted by Crippen LogP contribution is 2.21. The third-order valence-electron chi connectivity index (χ3n) is 2.72. The van der Waals surface area contributed by atoms with Gasteiger partial charge in [-0.1, -0.05) is 6.07 Å². The molecule has 1 N–H and O–H groups in total. The molecule has 1 rings (SSSR count). The first-order chi connectivity index (χ1) is 8.83. The Morgan fingerprint density at radius 1 is 1.37 bits per heavy atom. The smallest absolute Gasteiger partial charge is 0.370 e. The Morgan fingerprint density at radius 3 is 2.58 bits per heavy atom. The molecule has 19 heavy (non-hydrogen) atoms. The highest BCUT2D eigenvalue weighted by Gasteiger charge is 2.32. The van der Waals surface area contributed by atoms with Crippen molar-refractivity contribution in [2.24, 2.45) is 0 Å². The molecular weight excluding hydrogens is 255 g/mol. The Kier molecular flexibility index (Phi) is 5.60. The number of hydrogen-bond donors (Lipinski definition) is 1. The molecule has 0 aliphatic rings. The van der Waals surface area contributed by atoms with Crippen LogP contribution in [0.4, 0.5) is 19.0 Å². The van der Waals surface area contributed by atoms with E-state index in [-0.39, 0.29) is 12.6 Å². The van der Waals surface area contributed by atoms with Gasteiger partial charge in [0.05, 0.1) is 6.54 Å². The molecule has 0 spiro atoms. The third kappa shape index (κ3) is 5.46. The first-order valence-electron chi connectivity index (χ1n) is 6.32. The summed E-state index contributed by atoms with van der Waals surface area (Å²) in [6.45, 7) is 5.45. The number of nitrogens with one attached hydrogen (secondary N) is 1. The van der Waals surface area contributed by atoms with Gasteiger partial charge in [-0.15, -0.1) is 0 Å². The summed E-state index contributed by atoms with van der Waals surface area (Å²) in [6, 6.07) is 3.36. The standard InChI is InChI=1S/C13H20F3N3/c1-4-17-12-11(6-5-7-18-12)8-19(10(2)3)9-13(14,15)16/h5-7,10H,4,8-9H2,1-3H3,(H,17,18). The molecule has 0 aliphatic carbocycles. The molecule has 1 aromatic heterocycles. The van der Waals surface area contributed by atoms with Gasteiger partial charge in [0, 0.05) is 30.9 Å². The van der Waals surface area contributed by atoms with Crippen molar-refractivity contribution >= 4 is 5.82 Å². The lowest BCUT2D eigenvalue weighted by molar-refractivity contribution is -0.150. The van der Waals surface area contributed by atoms with Crippen molar-refractivity contribution in [3.05, 3.63) is 23.9 Å². The normalized spacial score (nSPS) is 12.2. The molecule has 0 aliphatic heterocycles. The average Bonchev–Trinajstić information content (AvgIpc) is 2.29.